The molecule has 0 atom stereocenters. The summed E-state index contributed by atoms with van der Waals surface area (Å²) in [6, 6.07) is 17.1. The van der Waals surface area contributed by atoms with Gasteiger partial charge < -0.3 is 5.11 Å². The first kappa shape index (κ1) is 22.1. The van der Waals surface area contributed by atoms with Crippen molar-refractivity contribution in [2.45, 2.75) is 6.42 Å². The number of rotatable bonds is 5. The zero-order valence-corrected chi connectivity index (χ0v) is 19.1. The highest BCUT2D eigenvalue weighted by molar-refractivity contribution is 6.44. The van der Waals surface area contributed by atoms with E-state index in [4.69, 9.17) is 28.3 Å². The van der Waals surface area contributed by atoms with Crippen LogP contribution in [-0.2, 0) is 6.42 Å². The topological polar surface area (TPSA) is 67.5 Å². The van der Waals surface area contributed by atoms with Crippen LogP contribution < -0.4 is 0 Å². The van der Waals surface area contributed by atoms with Crippen LogP contribution in [0.4, 0.5) is 4.39 Å². The number of halogens is 3. The summed E-state index contributed by atoms with van der Waals surface area (Å²) in [6.07, 6.45) is 5.72. The number of fused-ring (bicyclic) bond motifs is 1. The molecule has 0 aliphatic heterocycles. The number of aromatic nitrogens is 3. The highest BCUT2D eigenvalue weighted by atomic mass is 35.5. The number of carboxylic acid groups (broad SMARTS) is 1. The Morgan fingerprint density at radius 1 is 0.941 bits per heavy atom. The normalized spacial score (nSPS) is 11.1. The minimum atomic E-state index is -1.13. The number of carbonyl (C=O) groups is 1. The molecule has 5 nitrogen and oxygen atoms in total. The van der Waals surface area contributed by atoms with E-state index in [0.717, 1.165) is 33.5 Å². The second-order valence-electron chi connectivity index (χ2n) is 7.71. The predicted octanol–water partition coefficient (Wildman–Crippen LogP) is 6.80. The Kier molecular flexibility index (Phi) is 5.77. The maximum Gasteiger partial charge on any atom is 0.337 e. The minimum Gasteiger partial charge on any atom is -0.478 e. The Hall–Kier alpha value is -3.74. The summed E-state index contributed by atoms with van der Waals surface area (Å²) in [5.41, 5.74) is 5.79. The maximum atomic E-state index is 13.5. The molecule has 0 radical (unpaired) electrons. The molecular formula is C26H16Cl2FN3O2. The second kappa shape index (κ2) is 8.89. The molecule has 5 aromatic rings. The molecule has 3 aromatic heterocycles. The Balaban J connectivity index is 1.64. The van der Waals surface area contributed by atoms with Gasteiger partial charge in [0.15, 0.2) is 0 Å². The molecule has 0 saturated heterocycles. The molecule has 2 aromatic carbocycles. The van der Waals surface area contributed by atoms with Crippen molar-refractivity contribution in [3.05, 3.63) is 112 Å². The standard InChI is InChI=1S/C26H16Cl2FN3O2/c27-23-18(3-6-20(24(23)28)26(33)34)13-15-9-12-32-21(14-15)22(16-7-10-30-11-8-16)25(31-32)17-1-4-19(29)5-2-17/h1-12,14H,13H2,(H,33,34). The fourth-order valence-electron chi connectivity index (χ4n) is 3.92. The van der Waals surface area contributed by atoms with Gasteiger partial charge in [-0.05, 0) is 77.7 Å². The Labute approximate surface area is 204 Å². The number of carboxylic acids is 1. The first-order chi connectivity index (χ1) is 16.4. The highest BCUT2D eigenvalue weighted by Crippen LogP contribution is 2.36. The molecular weight excluding hydrogens is 476 g/mol. The lowest BCUT2D eigenvalue weighted by Crippen LogP contribution is -2.00. The molecule has 0 fully saturated rings. The van der Waals surface area contributed by atoms with Crippen molar-refractivity contribution >= 4 is 34.7 Å². The molecule has 168 valence electrons. The van der Waals surface area contributed by atoms with Gasteiger partial charge in [0.2, 0.25) is 0 Å². The largest absolute Gasteiger partial charge is 0.478 e. The second-order valence-corrected chi connectivity index (χ2v) is 8.47. The third kappa shape index (κ3) is 4.02. The zero-order chi connectivity index (χ0) is 23.8. The van der Waals surface area contributed by atoms with Crippen LogP contribution in [0.3, 0.4) is 0 Å². The van der Waals surface area contributed by atoms with Crippen molar-refractivity contribution in [3.63, 3.8) is 0 Å². The van der Waals surface area contributed by atoms with Gasteiger partial charge in [-0.25, -0.2) is 13.7 Å². The summed E-state index contributed by atoms with van der Waals surface area (Å²) in [4.78, 5) is 15.4. The van der Waals surface area contributed by atoms with Crippen LogP contribution in [0.5, 0.6) is 0 Å². The Morgan fingerprint density at radius 2 is 1.68 bits per heavy atom. The smallest absolute Gasteiger partial charge is 0.337 e. The SMILES string of the molecule is O=C(O)c1ccc(Cc2ccn3nc(-c4ccc(F)cc4)c(-c4ccncc4)c3c2)c(Cl)c1Cl. The molecule has 3 heterocycles. The number of nitrogens with zero attached hydrogens (tertiary/aromatic N) is 3. The predicted molar refractivity (Wildman–Crippen MR) is 130 cm³/mol. The average molecular weight is 492 g/mol. The lowest BCUT2D eigenvalue weighted by Gasteiger charge is -2.09. The van der Waals surface area contributed by atoms with Gasteiger partial charge in [0.1, 0.15) is 11.5 Å². The van der Waals surface area contributed by atoms with Gasteiger partial charge in [-0.3, -0.25) is 4.98 Å². The fraction of sp³-hybridized carbons (Fsp3) is 0.0385. The van der Waals surface area contributed by atoms with Gasteiger partial charge in [-0.1, -0.05) is 29.3 Å². The third-order valence-corrected chi connectivity index (χ3v) is 6.49. The van der Waals surface area contributed by atoms with E-state index in [1.165, 1.54) is 18.2 Å². The van der Waals surface area contributed by atoms with E-state index in [1.807, 2.05) is 30.5 Å². The van der Waals surface area contributed by atoms with E-state index in [-0.39, 0.29) is 21.4 Å². The molecule has 0 bridgehead atoms. The van der Waals surface area contributed by atoms with Crippen molar-refractivity contribution in [2.24, 2.45) is 0 Å². The van der Waals surface area contributed by atoms with E-state index >= 15 is 0 Å². The fourth-order valence-corrected chi connectivity index (χ4v) is 4.42. The van der Waals surface area contributed by atoms with Crippen LogP contribution in [0, 0.1) is 5.82 Å². The minimum absolute atomic E-state index is 0.0215. The quantitative estimate of drug-likeness (QED) is 0.293. The number of pyridine rings is 2. The molecule has 1 N–H and O–H groups in total. The Bertz CT molecular complexity index is 1530. The van der Waals surface area contributed by atoms with Crippen LogP contribution in [0.15, 0.2) is 79.3 Å². The van der Waals surface area contributed by atoms with Gasteiger partial charge in [0.25, 0.3) is 0 Å². The monoisotopic (exact) mass is 491 g/mol. The Morgan fingerprint density at radius 3 is 2.38 bits per heavy atom. The summed E-state index contributed by atoms with van der Waals surface area (Å²) < 4.78 is 15.3. The summed E-state index contributed by atoms with van der Waals surface area (Å²) in [5, 5.41) is 14.3. The first-order valence-electron chi connectivity index (χ1n) is 10.3. The van der Waals surface area contributed by atoms with E-state index in [9.17, 15) is 14.3 Å². The molecule has 0 spiro atoms. The lowest BCUT2D eigenvalue weighted by atomic mass is 9.99. The molecule has 8 heteroatoms. The van der Waals surface area contributed by atoms with E-state index in [2.05, 4.69) is 4.98 Å². The van der Waals surface area contributed by atoms with Crippen molar-refractivity contribution in [2.75, 3.05) is 0 Å². The van der Waals surface area contributed by atoms with Crippen molar-refractivity contribution < 1.29 is 14.3 Å². The van der Waals surface area contributed by atoms with E-state index < -0.39 is 5.97 Å². The van der Waals surface area contributed by atoms with Crippen molar-refractivity contribution in [1.29, 1.82) is 0 Å². The van der Waals surface area contributed by atoms with Crippen LogP contribution in [0.25, 0.3) is 27.9 Å². The molecule has 0 saturated carbocycles. The third-order valence-electron chi connectivity index (χ3n) is 5.57. The van der Waals surface area contributed by atoms with Crippen LogP contribution >= 0.6 is 23.2 Å². The van der Waals surface area contributed by atoms with E-state index in [0.29, 0.717) is 12.0 Å². The highest BCUT2D eigenvalue weighted by Gasteiger charge is 2.19. The zero-order valence-electron chi connectivity index (χ0n) is 17.5. The summed E-state index contributed by atoms with van der Waals surface area (Å²) >= 11 is 12.6. The van der Waals surface area contributed by atoms with Gasteiger partial charge in [0, 0.05) is 29.7 Å². The van der Waals surface area contributed by atoms with Crippen molar-refractivity contribution in [3.8, 4) is 22.4 Å². The first-order valence-corrected chi connectivity index (χ1v) is 11.1. The van der Waals surface area contributed by atoms with Crippen LogP contribution in [-0.4, -0.2) is 25.7 Å². The summed E-state index contributed by atoms with van der Waals surface area (Å²) in [6.45, 7) is 0. The number of hydrogen-bond donors (Lipinski definition) is 1. The molecule has 0 aliphatic rings. The van der Waals surface area contributed by atoms with Crippen LogP contribution in [0.2, 0.25) is 10.0 Å². The lowest BCUT2D eigenvalue weighted by molar-refractivity contribution is 0.0697. The molecule has 0 aliphatic carbocycles. The number of benzene rings is 2. The summed E-state index contributed by atoms with van der Waals surface area (Å²) in [7, 11) is 0. The van der Waals surface area contributed by atoms with Gasteiger partial charge >= 0.3 is 5.97 Å². The molecule has 0 amide bonds. The summed E-state index contributed by atoms with van der Waals surface area (Å²) in [5.74, 6) is -1.45. The molecule has 34 heavy (non-hydrogen) atoms. The van der Waals surface area contributed by atoms with Crippen LogP contribution in [0.1, 0.15) is 21.5 Å². The van der Waals surface area contributed by atoms with Crippen molar-refractivity contribution in [1.82, 2.24) is 14.6 Å². The average Bonchev–Trinajstić information content (AvgIpc) is 3.21. The van der Waals surface area contributed by atoms with Gasteiger partial charge in [-0.15, -0.1) is 0 Å². The molecule has 0 unspecified atom stereocenters. The number of aromatic carboxylic acids is 1. The number of hydrogen-bond acceptors (Lipinski definition) is 3. The van der Waals surface area contributed by atoms with Gasteiger partial charge in [-0.2, -0.15) is 5.10 Å². The van der Waals surface area contributed by atoms with Gasteiger partial charge in [0.05, 0.1) is 21.1 Å². The maximum absolute atomic E-state index is 13.5. The van der Waals surface area contributed by atoms with E-state index in [1.54, 1.807) is 35.1 Å². The molecule has 5 rings (SSSR count).